The molecule has 0 radical (unpaired) electrons. The Hall–Kier alpha value is -3.21. The number of benzene rings is 3. The quantitative estimate of drug-likeness (QED) is 0.517. The van der Waals surface area contributed by atoms with Gasteiger partial charge in [-0.3, -0.25) is 14.4 Å². The highest BCUT2D eigenvalue weighted by Crippen LogP contribution is 2.38. The number of aromatic hydroxyl groups is 2. The molecule has 0 aliphatic heterocycles. The van der Waals surface area contributed by atoms with Crippen molar-refractivity contribution in [2.24, 2.45) is 0 Å². The number of hydrogen-bond donors (Lipinski definition) is 2. The maximum atomic E-state index is 12.7. The molecule has 0 unspecified atom stereocenters. The number of hydrogen-bond acceptors (Lipinski definition) is 5. The van der Waals surface area contributed by atoms with Gasteiger partial charge >= 0.3 is 0 Å². The molecule has 0 bridgehead atoms. The van der Waals surface area contributed by atoms with E-state index >= 15 is 0 Å². The summed E-state index contributed by atoms with van der Waals surface area (Å²) < 4.78 is 0. The second-order valence-corrected chi connectivity index (χ2v) is 5.62. The molecule has 0 aromatic heterocycles. The van der Waals surface area contributed by atoms with E-state index in [4.69, 9.17) is 0 Å². The first kappa shape index (κ1) is 13.5. The average molecular weight is 306 g/mol. The molecule has 0 atom stereocenters. The topological polar surface area (TPSA) is 91.7 Å². The zero-order chi connectivity index (χ0) is 16.5. The van der Waals surface area contributed by atoms with Gasteiger partial charge in [0.05, 0.1) is 0 Å². The Balaban J connectivity index is 2.53. The van der Waals surface area contributed by atoms with Crippen LogP contribution in [0.4, 0.5) is 0 Å². The molecule has 0 aliphatic rings. The Kier molecular flexibility index (Phi) is 2.44. The van der Waals surface area contributed by atoms with Gasteiger partial charge in [0.15, 0.2) is 16.3 Å². The van der Waals surface area contributed by atoms with Crippen LogP contribution in [0.3, 0.4) is 0 Å². The summed E-state index contributed by atoms with van der Waals surface area (Å²) >= 11 is 0. The summed E-state index contributed by atoms with van der Waals surface area (Å²) in [6.45, 7) is 1.51. The zero-order valence-corrected chi connectivity index (χ0v) is 12.0. The minimum Gasteiger partial charge on any atom is -0.507 e. The third kappa shape index (κ3) is 1.53. The number of rotatable bonds is 0. The molecular weight excluding hydrogens is 296 g/mol. The van der Waals surface area contributed by atoms with E-state index in [1.54, 1.807) is 0 Å². The van der Waals surface area contributed by atoms with Gasteiger partial charge < -0.3 is 10.2 Å². The minimum atomic E-state index is -0.479. The van der Waals surface area contributed by atoms with Gasteiger partial charge in [0.25, 0.3) is 0 Å². The van der Waals surface area contributed by atoms with Crippen molar-refractivity contribution in [1.29, 1.82) is 0 Å². The van der Waals surface area contributed by atoms with Gasteiger partial charge in [0, 0.05) is 37.9 Å². The first-order valence-corrected chi connectivity index (χ1v) is 6.96. The van der Waals surface area contributed by atoms with E-state index in [0.29, 0.717) is 0 Å². The molecule has 4 aromatic carbocycles. The molecule has 23 heavy (non-hydrogen) atoms. The predicted molar refractivity (Wildman–Crippen MR) is 88.2 cm³/mol. The van der Waals surface area contributed by atoms with Gasteiger partial charge in [0.1, 0.15) is 11.5 Å². The molecule has 112 valence electrons. The molecule has 0 fully saturated rings. The van der Waals surface area contributed by atoms with Crippen molar-refractivity contribution in [3.63, 3.8) is 0 Å². The van der Waals surface area contributed by atoms with Crippen molar-refractivity contribution in [1.82, 2.24) is 0 Å². The Morgan fingerprint density at radius 3 is 2.22 bits per heavy atom. The molecule has 5 nitrogen and oxygen atoms in total. The highest BCUT2D eigenvalue weighted by Gasteiger charge is 2.21. The monoisotopic (exact) mass is 306 g/mol. The Labute approximate surface area is 128 Å². The van der Waals surface area contributed by atoms with Gasteiger partial charge in [0.2, 0.25) is 0 Å². The third-order valence-electron chi connectivity index (χ3n) is 4.27. The second kappa shape index (κ2) is 4.16. The molecular formula is C18H10O5. The molecule has 0 saturated carbocycles. The van der Waals surface area contributed by atoms with Crippen LogP contribution in [-0.2, 0) is 0 Å². The SMILES string of the molecule is Cc1cc(=O)c2c(cc(O)c3c4c(O)cccc4c(=O)c32)c1=O. The molecule has 0 saturated heterocycles. The number of fused-ring (bicyclic) bond motifs is 5. The smallest absolute Gasteiger partial charge is 0.195 e. The summed E-state index contributed by atoms with van der Waals surface area (Å²) in [5.74, 6) is -0.464. The van der Waals surface area contributed by atoms with Crippen LogP contribution < -0.4 is 16.3 Å². The van der Waals surface area contributed by atoms with E-state index < -0.39 is 16.3 Å². The lowest BCUT2D eigenvalue weighted by atomic mass is 10.0. The third-order valence-corrected chi connectivity index (χ3v) is 4.27. The lowest BCUT2D eigenvalue weighted by Crippen LogP contribution is -2.15. The molecule has 5 heteroatoms. The average Bonchev–Trinajstić information content (AvgIpc) is 2.81. The van der Waals surface area contributed by atoms with E-state index in [0.717, 1.165) is 0 Å². The summed E-state index contributed by atoms with van der Waals surface area (Å²) in [5.41, 5.74) is -1.07. The van der Waals surface area contributed by atoms with E-state index in [1.807, 2.05) is 0 Å². The van der Waals surface area contributed by atoms with E-state index in [-0.39, 0.29) is 49.4 Å². The van der Waals surface area contributed by atoms with Crippen LogP contribution in [0.15, 0.2) is 44.7 Å². The van der Waals surface area contributed by atoms with E-state index in [1.165, 1.54) is 37.3 Å². The van der Waals surface area contributed by atoms with Crippen LogP contribution in [0, 0.1) is 6.92 Å². The maximum absolute atomic E-state index is 12.7. The summed E-state index contributed by atoms with van der Waals surface area (Å²) in [7, 11) is 0. The van der Waals surface area contributed by atoms with Crippen molar-refractivity contribution in [3.05, 3.63) is 66.6 Å². The van der Waals surface area contributed by atoms with Crippen molar-refractivity contribution < 1.29 is 10.2 Å². The lowest BCUT2D eigenvalue weighted by Gasteiger charge is -2.03. The van der Waals surface area contributed by atoms with Gasteiger partial charge in [-0.15, -0.1) is 0 Å². The molecule has 0 heterocycles. The molecule has 2 N–H and O–H groups in total. The molecule has 0 amide bonds. The fourth-order valence-electron chi connectivity index (χ4n) is 3.26. The summed E-state index contributed by atoms with van der Waals surface area (Å²) in [5, 5.41) is 20.9. The fourth-order valence-corrected chi connectivity index (χ4v) is 3.26. The normalized spacial score (nSPS) is 11.7. The highest BCUT2D eigenvalue weighted by molar-refractivity contribution is 6.24. The Morgan fingerprint density at radius 1 is 0.739 bits per heavy atom. The lowest BCUT2D eigenvalue weighted by molar-refractivity contribution is 0.477. The van der Waals surface area contributed by atoms with Crippen molar-refractivity contribution in [2.75, 3.05) is 0 Å². The fraction of sp³-hybridized carbons (Fsp3) is 0.0556. The highest BCUT2D eigenvalue weighted by atomic mass is 16.3. The van der Waals surface area contributed by atoms with Crippen LogP contribution in [-0.4, -0.2) is 10.2 Å². The molecule has 4 rings (SSSR count). The second-order valence-electron chi connectivity index (χ2n) is 5.62. The van der Waals surface area contributed by atoms with Gasteiger partial charge in [-0.25, -0.2) is 0 Å². The van der Waals surface area contributed by atoms with Gasteiger partial charge in [-0.05, 0) is 25.1 Å². The number of aryl methyl sites for hydroxylation is 1. The Bertz CT molecular complexity index is 1290. The molecule has 0 spiro atoms. The Morgan fingerprint density at radius 2 is 1.48 bits per heavy atom. The summed E-state index contributed by atoms with van der Waals surface area (Å²) in [4.78, 5) is 37.3. The van der Waals surface area contributed by atoms with Crippen molar-refractivity contribution in [2.45, 2.75) is 6.92 Å². The van der Waals surface area contributed by atoms with Crippen molar-refractivity contribution >= 4 is 32.3 Å². The van der Waals surface area contributed by atoms with E-state index in [2.05, 4.69) is 0 Å². The van der Waals surface area contributed by atoms with Crippen LogP contribution in [0.1, 0.15) is 5.56 Å². The standard InChI is InChI=1S/C18H10O5/c1-7-5-11(20)14-9(17(7)22)6-12(21)15-13-8(18(23)16(14)15)3-2-4-10(13)19/h2-6,19,21H,1H3. The molecule has 4 aromatic rings. The first-order valence-electron chi connectivity index (χ1n) is 6.96. The summed E-state index contributed by atoms with van der Waals surface area (Å²) in [6, 6.07) is 6.81. The van der Waals surface area contributed by atoms with Crippen LogP contribution >= 0.6 is 0 Å². The maximum Gasteiger partial charge on any atom is 0.195 e. The van der Waals surface area contributed by atoms with Crippen LogP contribution in [0.2, 0.25) is 0 Å². The summed E-state index contributed by atoms with van der Waals surface area (Å²) in [6.07, 6.45) is 0. The number of phenols is 2. The van der Waals surface area contributed by atoms with Crippen LogP contribution in [0.25, 0.3) is 32.3 Å². The van der Waals surface area contributed by atoms with Gasteiger partial charge in [-0.1, -0.05) is 12.1 Å². The predicted octanol–water partition coefficient (Wildman–Crippen LogP) is 1.82. The minimum absolute atomic E-state index is 0.00556. The van der Waals surface area contributed by atoms with Gasteiger partial charge in [-0.2, -0.15) is 0 Å². The van der Waals surface area contributed by atoms with Crippen molar-refractivity contribution in [3.8, 4) is 11.5 Å². The first-order chi connectivity index (χ1) is 10.9. The van der Waals surface area contributed by atoms with E-state index in [9.17, 15) is 24.6 Å². The number of phenolic OH excluding ortho intramolecular Hbond substituents is 2. The van der Waals surface area contributed by atoms with Crippen LogP contribution in [0.5, 0.6) is 11.5 Å². The zero-order valence-electron chi connectivity index (χ0n) is 12.0. The largest absolute Gasteiger partial charge is 0.507 e. The molecule has 0 aliphatic carbocycles.